The fraction of sp³-hybridized carbons (Fsp3) is 0.462. The van der Waals surface area contributed by atoms with Crippen LogP contribution in [0.4, 0.5) is 11.4 Å². The third-order valence-corrected chi connectivity index (χ3v) is 3.57. The van der Waals surface area contributed by atoms with E-state index in [2.05, 4.69) is 5.32 Å². The zero-order valence-corrected chi connectivity index (χ0v) is 12.5. The van der Waals surface area contributed by atoms with Crippen molar-refractivity contribution in [2.24, 2.45) is 5.41 Å². The first-order chi connectivity index (χ1) is 9.18. The van der Waals surface area contributed by atoms with E-state index in [1.54, 1.807) is 0 Å². The molecular weight excluding hydrogens is 282 g/mol. The normalized spacial score (nSPS) is 11.2. The van der Waals surface area contributed by atoms with Gasteiger partial charge in [0.2, 0.25) is 0 Å². The van der Waals surface area contributed by atoms with E-state index >= 15 is 0 Å². The number of carbonyl (C=O) groups excluding carboxylic acids is 1. The van der Waals surface area contributed by atoms with Crippen LogP contribution in [0.5, 0.6) is 0 Å². The average molecular weight is 300 g/mol. The number of benzene rings is 1. The van der Waals surface area contributed by atoms with Crippen LogP contribution in [0.15, 0.2) is 12.1 Å². The van der Waals surface area contributed by atoms with Crippen molar-refractivity contribution in [1.29, 1.82) is 0 Å². The van der Waals surface area contributed by atoms with E-state index in [-0.39, 0.29) is 27.4 Å². The van der Waals surface area contributed by atoms with Gasteiger partial charge in [0.15, 0.2) is 0 Å². The number of anilines is 1. The number of nitrogen functional groups attached to an aromatic ring is 1. The van der Waals surface area contributed by atoms with Crippen LogP contribution in [-0.4, -0.2) is 17.4 Å². The van der Waals surface area contributed by atoms with Crippen molar-refractivity contribution < 1.29 is 9.72 Å². The number of carbonyl (C=O) groups is 1. The molecule has 0 heterocycles. The molecule has 0 radical (unpaired) electrons. The molecule has 3 N–H and O–H groups in total. The lowest BCUT2D eigenvalue weighted by atomic mass is 9.90. The van der Waals surface area contributed by atoms with Gasteiger partial charge in [-0.15, -0.1) is 0 Å². The van der Waals surface area contributed by atoms with E-state index in [1.807, 2.05) is 20.8 Å². The van der Waals surface area contributed by atoms with Gasteiger partial charge < -0.3 is 11.1 Å². The molecule has 0 aliphatic heterocycles. The van der Waals surface area contributed by atoms with Gasteiger partial charge in [-0.2, -0.15) is 0 Å². The smallest absolute Gasteiger partial charge is 0.271 e. The second kappa shape index (κ2) is 6.09. The monoisotopic (exact) mass is 299 g/mol. The van der Waals surface area contributed by atoms with Gasteiger partial charge in [-0.25, -0.2) is 0 Å². The molecule has 0 atom stereocenters. The molecule has 110 valence electrons. The molecule has 0 spiro atoms. The Bertz CT molecular complexity index is 544. The summed E-state index contributed by atoms with van der Waals surface area (Å²) in [7, 11) is 0. The lowest BCUT2D eigenvalue weighted by Crippen LogP contribution is -2.34. The maximum absolute atomic E-state index is 12.1. The summed E-state index contributed by atoms with van der Waals surface area (Å²) < 4.78 is 0. The van der Waals surface area contributed by atoms with Crippen LogP contribution in [0.25, 0.3) is 0 Å². The molecule has 0 unspecified atom stereocenters. The van der Waals surface area contributed by atoms with Crippen LogP contribution in [0.1, 0.15) is 37.6 Å². The Morgan fingerprint density at radius 2 is 2.10 bits per heavy atom. The third-order valence-electron chi connectivity index (χ3n) is 3.25. The van der Waals surface area contributed by atoms with Gasteiger partial charge >= 0.3 is 0 Å². The van der Waals surface area contributed by atoms with Crippen LogP contribution in [0.2, 0.25) is 5.02 Å². The van der Waals surface area contributed by atoms with E-state index in [1.165, 1.54) is 0 Å². The molecule has 0 saturated carbocycles. The highest BCUT2D eigenvalue weighted by atomic mass is 35.5. The minimum atomic E-state index is -0.613. The number of nitro groups is 1. The largest absolute Gasteiger partial charge is 0.397 e. The maximum atomic E-state index is 12.1. The maximum Gasteiger partial charge on any atom is 0.271 e. The number of halogens is 1. The zero-order valence-electron chi connectivity index (χ0n) is 11.7. The Morgan fingerprint density at radius 1 is 1.50 bits per heavy atom. The van der Waals surface area contributed by atoms with Gasteiger partial charge in [0.25, 0.3) is 11.6 Å². The molecule has 1 aromatic rings. The molecule has 0 aromatic heterocycles. The van der Waals surface area contributed by atoms with Crippen LogP contribution >= 0.6 is 11.6 Å². The van der Waals surface area contributed by atoms with E-state index in [4.69, 9.17) is 17.3 Å². The number of hydrogen-bond donors (Lipinski definition) is 2. The van der Waals surface area contributed by atoms with Gasteiger partial charge in [0.05, 0.1) is 21.2 Å². The lowest BCUT2D eigenvalue weighted by Gasteiger charge is -2.23. The second-order valence-electron chi connectivity index (χ2n) is 5.35. The Hall–Kier alpha value is -1.82. The summed E-state index contributed by atoms with van der Waals surface area (Å²) in [5.74, 6) is -0.463. The number of nitrogens with zero attached hydrogens (tertiary/aromatic N) is 1. The second-order valence-corrected chi connectivity index (χ2v) is 5.75. The van der Waals surface area contributed by atoms with Crippen molar-refractivity contribution in [1.82, 2.24) is 5.32 Å². The van der Waals surface area contributed by atoms with Gasteiger partial charge in [0.1, 0.15) is 0 Å². The summed E-state index contributed by atoms with van der Waals surface area (Å²) in [4.78, 5) is 22.2. The van der Waals surface area contributed by atoms with Crippen molar-refractivity contribution in [2.75, 3.05) is 12.3 Å². The molecule has 0 aliphatic carbocycles. The van der Waals surface area contributed by atoms with Crippen LogP contribution < -0.4 is 11.1 Å². The lowest BCUT2D eigenvalue weighted by molar-refractivity contribution is -0.384. The Kier molecular flexibility index (Phi) is 4.94. The fourth-order valence-electron chi connectivity index (χ4n) is 1.44. The highest BCUT2D eigenvalue weighted by molar-refractivity contribution is 6.34. The van der Waals surface area contributed by atoms with Crippen LogP contribution in [0, 0.1) is 15.5 Å². The molecule has 1 rings (SSSR count). The van der Waals surface area contributed by atoms with Crippen molar-refractivity contribution >= 4 is 28.9 Å². The minimum Gasteiger partial charge on any atom is -0.397 e. The summed E-state index contributed by atoms with van der Waals surface area (Å²) in [6.07, 6.45) is 0.887. The predicted molar refractivity (Wildman–Crippen MR) is 78.9 cm³/mol. The van der Waals surface area contributed by atoms with Gasteiger partial charge in [0, 0.05) is 18.7 Å². The number of rotatable bonds is 5. The summed E-state index contributed by atoms with van der Waals surface area (Å²) >= 11 is 5.82. The Balaban J connectivity index is 3.01. The molecule has 1 amide bonds. The van der Waals surface area contributed by atoms with Crippen LogP contribution in [-0.2, 0) is 0 Å². The topological polar surface area (TPSA) is 98.3 Å². The molecular formula is C13H18ClN3O3. The average Bonchev–Trinajstić information content (AvgIpc) is 2.38. The summed E-state index contributed by atoms with van der Waals surface area (Å²) in [6.45, 7) is 6.49. The number of nitrogens with one attached hydrogen (secondary N) is 1. The van der Waals surface area contributed by atoms with Crippen molar-refractivity contribution in [2.45, 2.75) is 27.2 Å². The molecule has 0 fully saturated rings. The predicted octanol–water partition coefficient (Wildman–Crippen LogP) is 3.00. The van der Waals surface area contributed by atoms with E-state index < -0.39 is 10.8 Å². The quantitative estimate of drug-likeness (QED) is 0.496. The first-order valence-electron chi connectivity index (χ1n) is 6.19. The van der Waals surface area contributed by atoms with Gasteiger partial charge in [-0.05, 0) is 11.8 Å². The SMILES string of the molecule is CCC(C)(C)CNC(=O)c1cc([N+](=O)[O-])cc(Cl)c1N. The molecule has 0 aliphatic rings. The van der Waals surface area contributed by atoms with Gasteiger partial charge in [-0.3, -0.25) is 14.9 Å². The van der Waals surface area contributed by atoms with E-state index in [9.17, 15) is 14.9 Å². The summed E-state index contributed by atoms with van der Waals surface area (Å²) in [6, 6.07) is 2.26. The molecule has 0 saturated heterocycles. The fourth-order valence-corrected chi connectivity index (χ4v) is 1.65. The van der Waals surface area contributed by atoms with E-state index in [0.717, 1.165) is 18.6 Å². The molecule has 0 bridgehead atoms. The number of hydrogen-bond acceptors (Lipinski definition) is 4. The Morgan fingerprint density at radius 3 is 2.60 bits per heavy atom. The number of nitro benzene ring substituents is 1. The molecule has 1 aromatic carbocycles. The van der Waals surface area contributed by atoms with Gasteiger partial charge in [-0.1, -0.05) is 32.4 Å². The van der Waals surface area contributed by atoms with Crippen molar-refractivity contribution in [3.63, 3.8) is 0 Å². The number of non-ortho nitro benzene ring substituents is 1. The van der Waals surface area contributed by atoms with Crippen molar-refractivity contribution in [3.05, 3.63) is 32.8 Å². The van der Waals surface area contributed by atoms with Crippen molar-refractivity contribution in [3.8, 4) is 0 Å². The first-order valence-corrected chi connectivity index (χ1v) is 6.57. The first kappa shape index (κ1) is 16.2. The number of nitrogens with two attached hydrogens (primary N) is 1. The highest BCUT2D eigenvalue weighted by Gasteiger charge is 2.21. The molecule has 20 heavy (non-hydrogen) atoms. The Labute approximate surface area is 122 Å². The zero-order chi connectivity index (χ0) is 15.5. The van der Waals surface area contributed by atoms with Crippen LogP contribution in [0.3, 0.4) is 0 Å². The molecule has 7 heteroatoms. The van der Waals surface area contributed by atoms with E-state index in [0.29, 0.717) is 6.54 Å². The highest BCUT2D eigenvalue weighted by Crippen LogP contribution is 2.29. The summed E-state index contributed by atoms with van der Waals surface area (Å²) in [5, 5.41) is 13.5. The molecule has 6 nitrogen and oxygen atoms in total. The number of amides is 1. The third kappa shape index (κ3) is 3.84. The minimum absolute atomic E-state index is 0.000832. The standard InChI is InChI=1S/C13H18ClN3O3/c1-4-13(2,3)7-16-12(18)9-5-8(17(19)20)6-10(14)11(9)15/h5-6H,4,7,15H2,1-3H3,(H,16,18). The summed E-state index contributed by atoms with van der Waals surface area (Å²) in [5.41, 5.74) is 5.46.